The zero-order valence-corrected chi connectivity index (χ0v) is 18.0. The Labute approximate surface area is 184 Å². The van der Waals surface area contributed by atoms with Gasteiger partial charge in [-0.2, -0.15) is 4.98 Å². The summed E-state index contributed by atoms with van der Waals surface area (Å²) in [5.41, 5.74) is 9.56. The Hall–Kier alpha value is -3.36. The summed E-state index contributed by atoms with van der Waals surface area (Å²) < 4.78 is 1.64. The maximum absolute atomic E-state index is 13.4. The Kier molecular flexibility index (Phi) is 5.92. The molecule has 3 aromatic heterocycles. The van der Waals surface area contributed by atoms with E-state index in [0.717, 1.165) is 22.3 Å². The van der Waals surface area contributed by atoms with E-state index in [9.17, 15) is 4.79 Å². The lowest BCUT2D eigenvalue weighted by Crippen LogP contribution is -2.24. The number of pyridine rings is 1. The first-order valence-corrected chi connectivity index (χ1v) is 10.3. The number of fused-ring (bicyclic) bond motifs is 1. The van der Waals surface area contributed by atoms with Gasteiger partial charge in [-0.3, -0.25) is 14.3 Å². The fraction of sp³-hybridized carbons (Fsp3) is 0.227. The van der Waals surface area contributed by atoms with Crippen molar-refractivity contribution in [3.05, 3.63) is 63.9 Å². The molecule has 0 atom stereocenters. The number of nitrogens with one attached hydrogen (secondary N) is 1. The molecule has 3 heterocycles. The molecule has 3 N–H and O–H groups in total. The first-order chi connectivity index (χ1) is 15.0. The molecule has 4 rings (SSSR count). The molecule has 31 heavy (non-hydrogen) atoms. The maximum atomic E-state index is 13.4. The van der Waals surface area contributed by atoms with Crippen molar-refractivity contribution < 1.29 is 0 Å². The van der Waals surface area contributed by atoms with Crippen molar-refractivity contribution in [2.45, 2.75) is 19.9 Å². The Morgan fingerprint density at radius 2 is 1.97 bits per heavy atom. The van der Waals surface area contributed by atoms with Gasteiger partial charge in [0.05, 0.1) is 17.6 Å². The quantitative estimate of drug-likeness (QED) is 0.478. The lowest BCUT2D eigenvalue weighted by Gasteiger charge is -2.14. The maximum Gasteiger partial charge on any atom is 0.260 e. The largest absolute Gasteiger partial charge is 0.357 e. The molecule has 0 saturated heterocycles. The molecule has 0 amide bonds. The molecule has 0 aliphatic carbocycles. The molecule has 0 spiro atoms. The van der Waals surface area contributed by atoms with Gasteiger partial charge in [0.2, 0.25) is 5.95 Å². The van der Waals surface area contributed by atoms with Crippen LogP contribution in [0.3, 0.4) is 0 Å². The number of aryl methyl sites for hydroxylation is 2. The highest BCUT2D eigenvalue weighted by molar-refractivity contribution is 6.33. The summed E-state index contributed by atoms with van der Waals surface area (Å²) in [6.45, 7) is 2.80. The van der Waals surface area contributed by atoms with Crippen LogP contribution in [-0.2, 0) is 6.54 Å². The van der Waals surface area contributed by atoms with Crippen LogP contribution in [0.15, 0.2) is 47.7 Å². The van der Waals surface area contributed by atoms with Crippen LogP contribution in [0.1, 0.15) is 12.1 Å². The molecular formula is C22H22ClN7O. The smallest absolute Gasteiger partial charge is 0.260 e. The van der Waals surface area contributed by atoms with Gasteiger partial charge in [0.1, 0.15) is 5.65 Å². The standard InChI is InChI=1S/C22H22ClN7O/c1-13-10-26-12-19(28-13)14-4-5-16(18(23)9-14)17-8-15-11-27-22(25-2)29-20(15)30(21(17)31)7-3-6-24/h4-5,8-12H,3,6-7,24H2,1-2H3,(H,25,27,29). The van der Waals surface area contributed by atoms with Gasteiger partial charge in [0.15, 0.2) is 0 Å². The van der Waals surface area contributed by atoms with Crippen molar-refractivity contribution in [1.82, 2.24) is 24.5 Å². The molecule has 9 heteroatoms. The zero-order valence-electron chi connectivity index (χ0n) is 17.3. The van der Waals surface area contributed by atoms with Gasteiger partial charge < -0.3 is 11.1 Å². The number of nitrogens with two attached hydrogens (primary N) is 1. The molecule has 158 valence electrons. The molecule has 1 aromatic carbocycles. The summed E-state index contributed by atoms with van der Waals surface area (Å²) in [6.07, 6.45) is 5.72. The molecule has 0 radical (unpaired) electrons. The summed E-state index contributed by atoms with van der Waals surface area (Å²) in [5.74, 6) is 0.447. The fourth-order valence-corrected chi connectivity index (χ4v) is 3.71. The summed E-state index contributed by atoms with van der Waals surface area (Å²) >= 11 is 6.62. The molecule has 8 nitrogen and oxygen atoms in total. The van der Waals surface area contributed by atoms with E-state index in [1.165, 1.54) is 0 Å². The molecule has 0 aliphatic heterocycles. The Bertz CT molecular complexity index is 1320. The summed E-state index contributed by atoms with van der Waals surface area (Å²) in [5, 5.41) is 4.11. The highest BCUT2D eigenvalue weighted by atomic mass is 35.5. The van der Waals surface area contributed by atoms with E-state index in [2.05, 4.69) is 25.3 Å². The van der Waals surface area contributed by atoms with Crippen LogP contribution in [-0.4, -0.2) is 38.1 Å². The molecule has 0 unspecified atom stereocenters. The van der Waals surface area contributed by atoms with Crippen molar-refractivity contribution in [3.63, 3.8) is 0 Å². The zero-order chi connectivity index (χ0) is 22.0. The number of hydrogen-bond acceptors (Lipinski definition) is 7. The van der Waals surface area contributed by atoms with E-state index >= 15 is 0 Å². The highest BCUT2D eigenvalue weighted by Gasteiger charge is 2.16. The van der Waals surface area contributed by atoms with E-state index in [1.54, 1.807) is 42.3 Å². The number of aromatic nitrogens is 5. The number of benzene rings is 1. The number of rotatable bonds is 6. The third kappa shape index (κ3) is 4.12. The van der Waals surface area contributed by atoms with E-state index in [1.807, 2.05) is 19.1 Å². The van der Waals surface area contributed by atoms with Gasteiger partial charge in [-0.15, -0.1) is 0 Å². The molecule has 0 bridgehead atoms. The molecule has 0 saturated carbocycles. The number of hydrogen-bond donors (Lipinski definition) is 2. The van der Waals surface area contributed by atoms with Crippen LogP contribution >= 0.6 is 11.6 Å². The minimum Gasteiger partial charge on any atom is -0.357 e. The molecule has 0 aliphatic rings. The molecule has 4 aromatic rings. The fourth-order valence-electron chi connectivity index (χ4n) is 3.42. The number of halogens is 1. The monoisotopic (exact) mass is 435 g/mol. The van der Waals surface area contributed by atoms with Gasteiger partial charge >= 0.3 is 0 Å². The Balaban J connectivity index is 1.87. The van der Waals surface area contributed by atoms with Crippen LogP contribution in [0.2, 0.25) is 5.02 Å². The van der Waals surface area contributed by atoms with Crippen LogP contribution in [0.25, 0.3) is 33.4 Å². The van der Waals surface area contributed by atoms with Crippen LogP contribution in [0.4, 0.5) is 5.95 Å². The average molecular weight is 436 g/mol. The van der Waals surface area contributed by atoms with Crippen LogP contribution < -0.4 is 16.6 Å². The predicted octanol–water partition coefficient (Wildman–Crippen LogP) is 3.27. The van der Waals surface area contributed by atoms with E-state index in [-0.39, 0.29) is 5.56 Å². The number of anilines is 1. The lowest BCUT2D eigenvalue weighted by atomic mass is 10.0. The minimum atomic E-state index is -0.174. The van der Waals surface area contributed by atoms with Crippen LogP contribution in [0, 0.1) is 6.92 Å². The van der Waals surface area contributed by atoms with Gasteiger partial charge in [-0.1, -0.05) is 23.7 Å². The highest BCUT2D eigenvalue weighted by Crippen LogP contribution is 2.31. The first kappa shape index (κ1) is 20.9. The van der Waals surface area contributed by atoms with Crippen molar-refractivity contribution in [2.24, 2.45) is 5.73 Å². The normalized spacial score (nSPS) is 11.1. The van der Waals surface area contributed by atoms with Crippen molar-refractivity contribution >= 4 is 28.6 Å². The Morgan fingerprint density at radius 3 is 2.68 bits per heavy atom. The molecule has 0 fully saturated rings. The average Bonchev–Trinajstić information content (AvgIpc) is 2.78. The second-order valence-corrected chi connectivity index (χ2v) is 7.53. The third-order valence-corrected chi connectivity index (χ3v) is 5.26. The summed E-state index contributed by atoms with van der Waals surface area (Å²) in [4.78, 5) is 30.8. The second kappa shape index (κ2) is 8.79. The van der Waals surface area contributed by atoms with Crippen LogP contribution in [0.5, 0.6) is 0 Å². The van der Waals surface area contributed by atoms with Gasteiger partial charge in [-0.05, 0) is 32.0 Å². The van der Waals surface area contributed by atoms with E-state index in [4.69, 9.17) is 17.3 Å². The second-order valence-electron chi connectivity index (χ2n) is 7.12. The van der Waals surface area contributed by atoms with Gasteiger partial charge in [0.25, 0.3) is 5.56 Å². The van der Waals surface area contributed by atoms with E-state index < -0.39 is 0 Å². The number of nitrogens with zero attached hydrogens (tertiary/aromatic N) is 5. The summed E-state index contributed by atoms with van der Waals surface area (Å²) in [7, 11) is 1.73. The predicted molar refractivity (Wildman–Crippen MR) is 123 cm³/mol. The lowest BCUT2D eigenvalue weighted by molar-refractivity contribution is 0.646. The topological polar surface area (TPSA) is 112 Å². The van der Waals surface area contributed by atoms with Crippen molar-refractivity contribution in [1.29, 1.82) is 0 Å². The van der Waals surface area contributed by atoms with Crippen molar-refractivity contribution in [2.75, 3.05) is 18.9 Å². The van der Waals surface area contributed by atoms with Crippen molar-refractivity contribution in [3.8, 4) is 22.4 Å². The minimum absolute atomic E-state index is 0.174. The third-order valence-electron chi connectivity index (χ3n) is 4.95. The van der Waals surface area contributed by atoms with Gasteiger partial charge in [-0.25, -0.2) is 9.97 Å². The summed E-state index contributed by atoms with van der Waals surface area (Å²) in [6, 6.07) is 7.30. The van der Waals surface area contributed by atoms with E-state index in [0.29, 0.717) is 47.3 Å². The molecular weight excluding hydrogens is 414 g/mol. The Morgan fingerprint density at radius 1 is 1.13 bits per heavy atom. The first-order valence-electron chi connectivity index (χ1n) is 9.89. The van der Waals surface area contributed by atoms with Gasteiger partial charge in [0, 0.05) is 53.1 Å². The SMILES string of the molecule is CNc1ncc2cc(-c3ccc(-c4cncc(C)n4)cc3Cl)c(=O)n(CCCN)c2n1.